The van der Waals surface area contributed by atoms with Gasteiger partial charge in [-0.3, -0.25) is 14.6 Å². The zero-order valence-corrected chi connectivity index (χ0v) is 20.1. The van der Waals surface area contributed by atoms with E-state index >= 15 is 0 Å². The van der Waals surface area contributed by atoms with Crippen molar-refractivity contribution in [2.75, 3.05) is 44.4 Å². The van der Waals surface area contributed by atoms with Crippen molar-refractivity contribution in [3.8, 4) is 0 Å². The zero-order chi connectivity index (χ0) is 24.5. The van der Waals surface area contributed by atoms with Crippen LogP contribution in [0.15, 0.2) is 30.6 Å². The van der Waals surface area contributed by atoms with Gasteiger partial charge < -0.3 is 26.2 Å². The Labute approximate surface area is 202 Å². The van der Waals surface area contributed by atoms with Gasteiger partial charge in [-0.1, -0.05) is 0 Å². The lowest BCUT2D eigenvalue weighted by atomic mass is 9.95. The number of nitrogens with two attached hydrogens (primary N) is 1. The number of nitrogens with one attached hydrogen (secondary N) is 2. The Hall–Kier alpha value is -3.73. The third-order valence-corrected chi connectivity index (χ3v) is 7.99. The number of hydrogen-bond donors (Lipinski definition) is 3. The van der Waals surface area contributed by atoms with Gasteiger partial charge in [-0.2, -0.15) is 4.98 Å². The first-order chi connectivity index (χ1) is 16.8. The van der Waals surface area contributed by atoms with Crippen LogP contribution in [0.3, 0.4) is 0 Å². The Morgan fingerprint density at radius 3 is 2.63 bits per heavy atom. The van der Waals surface area contributed by atoms with Gasteiger partial charge in [-0.15, -0.1) is 5.10 Å². The molecule has 0 aromatic carbocycles. The summed E-state index contributed by atoms with van der Waals surface area (Å²) in [6.45, 7) is 1.94. The normalized spacial score (nSPS) is 22.3. The molecule has 0 unspecified atom stereocenters. The van der Waals surface area contributed by atoms with E-state index in [-0.39, 0.29) is 17.2 Å². The quantitative estimate of drug-likeness (QED) is 0.459. The lowest BCUT2D eigenvalue weighted by molar-refractivity contribution is -0.121. The standard InChI is InChI=1S/C24H29N9O2/c1-26-20(34)16-9-27-18(24(21(25)35)13-23(24)6-7-23)8-17(16)28-22-29-19-5-4-14(12-33(19)30-22)32-10-15(11-32)31(2)3/h4-5,8-9,12,15H,6-7,10-11,13H2,1-3H3,(H2,25,35)(H,26,34)(H,27,28,30)/t24-/m0/s1. The highest BCUT2D eigenvalue weighted by Gasteiger charge is 2.78. The lowest BCUT2D eigenvalue weighted by Gasteiger charge is -2.44. The fourth-order valence-electron chi connectivity index (χ4n) is 5.39. The molecule has 3 fully saturated rings. The summed E-state index contributed by atoms with van der Waals surface area (Å²) in [4.78, 5) is 38.6. The molecule has 3 aromatic heterocycles. The summed E-state index contributed by atoms with van der Waals surface area (Å²) in [7, 11) is 5.75. The lowest BCUT2D eigenvalue weighted by Crippen LogP contribution is -2.57. The van der Waals surface area contributed by atoms with Crippen LogP contribution in [-0.4, -0.2) is 76.6 Å². The molecule has 1 saturated heterocycles. The van der Waals surface area contributed by atoms with Crippen LogP contribution < -0.4 is 21.3 Å². The van der Waals surface area contributed by atoms with Gasteiger partial charge in [0.25, 0.3) is 5.91 Å². The second-order valence-corrected chi connectivity index (χ2v) is 10.2. The molecule has 2 saturated carbocycles. The summed E-state index contributed by atoms with van der Waals surface area (Å²) < 4.78 is 1.73. The summed E-state index contributed by atoms with van der Waals surface area (Å²) in [5, 5.41) is 10.4. The maximum absolute atomic E-state index is 12.5. The van der Waals surface area contributed by atoms with E-state index in [4.69, 9.17) is 5.73 Å². The second-order valence-electron chi connectivity index (χ2n) is 10.2. The highest BCUT2D eigenvalue weighted by molar-refractivity contribution is 6.00. The van der Waals surface area contributed by atoms with Crippen LogP contribution in [0.2, 0.25) is 0 Å². The second kappa shape index (κ2) is 7.38. The molecule has 1 atom stereocenters. The van der Waals surface area contributed by atoms with Crippen LogP contribution in [-0.2, 0) is 10.2 Å². The van der Waals surface area contributed by atoms with Crippen LogP contribution in [0.5, 0.6) is 0 Å². The predicted octanol–water partition coefficient (Wildman–Crippen LogP) is 0.885. The minimum absolute atomic E-state index is 0.0577. The monoisotopic (exact) mass is 475 g/mol. The van der Waals surface area contributed by atoms with Crippen LogP contribution >= 0.6 is 0 Å². The van der Waals surface area contributed by atoms with E-state index in [9.17, 15) is 9.59 Å². The van der Waals surface area contributed by atoms with Crippen molar-refractivity contribution in [3.63, 3.8) is 0 Å². The maximum atomic E-state index is 12.5. The molecule has 11 nitrogen and oxygen atoms in total. The van der Waals surface area contributed by atoms with E-state index < -0.39 is 5.41 Å². The largest absolute Gasteiger partial charge is 0.369 e. The predicted molar refractivity (Wildman–Crippen MR) is 131 cm³/mol. The van der Waals surface area contributed by atoms with Crippen molar-refractivity contribution in [1.82, 2.24) is 29.8 Å². The van der Waals surface area contributed by atoms with E-state index in [0.717, 1.165) is 31.6 Å². The number of carbonyl (C=O) groups is 2. The molecule has 2 aliphatic carbocycles. The van der Waals surface area contributed by atoms with Gasteiger partial charge in [0.15, 0.2) is 5.65 Å². The number of nitrogens with zero attached hydrogens (tertiary/aromatic N) is 6. The summed E-state index contributed by atoms with van der Waals surface area (Å²) in [5.74, 6) is -0.304. The van der Waals surface area contributed by atoms with Crippen LogP contribution in [0.4, 0.5) is 17.3 Å². The van der Waals surface area contributed by atoms with E-state index in [1.165, 1.54) is 6.20 Å². The SMILES string of the molecule is CNC(=O)c1cnc([C@]2(C(N)=O)CC23CC3)cc1Nc1nc2ccc(N3CC(N(C)C)C3)cn2n1. The smallest absolute Gasteiger partial charge is 0.254 e. The Balaban J connectivity index is 1.31. The summed E-state index contributed by atoms with van der Waals surface area (Å²) in [6.07, 6.45) is 6.11. The molecular formula is C24H29N9O2. The molecule has 3 aliphatic rings. The number of aromatic nitrogens is 4. The Morgan fingerprint density at radius 1 is 1.23 bits per heavy atom. The maximum Gasteiger partial charge on any atom is 0.254 e. The first-order valence-electron chi connectivity index (χ1n) is 11.8. The Kier molecular flexibility index (Phi) is 4.59. The number of amides is 2. The number of hydrogen-bond acceptors (Lipinski definition) is 8. The summed E-state index contributed by atoms with van der Waals surface area (Å²) in [6, 6.07) is 6.27. The number of primary amides is 1. The average molecular weight is 476 g/mol. The van der Waals surface area contributed by atoms with Crippen molar-refractivity contribution < 1.29 is 9.59 Å². The van der Waals surface area contributed by atoms with Gasteiger partial charge in [-0.25, -0.2) is 4.52 Å². The number of pyridine rings is 2. The van der Waals surface area contributed by atoms with Gasteiger partial charge >= 0.3 is 0 Å². The molecule has 4 heterocycles. The third kappa shape index (κ3) is 3.25. The molecule has 1 aliphatic heterocycles. The summed E-state index contributed by atoms with van der Waals surface area (Å²) >= 11 is 0. The summed E-state index contributed by atoms with van der Waals surface area (Å²) in [5.41, 5.74) is 8.20. The molecule has 1 spiro atoms. The molecule has 35 heavy (non-hydrogen) atoms. The molecule has 11 heteroatoms. The average Bonchev–Trinajstić information content (AvgIpc) is 3.67. The topological polar surface area (TPSA) is 134 Å². The van der Waals surface area contributed by atoms with Crippen molar-refractivity contribution in [1.29, 1.82) is 0 Å². The van der Waals surface area contributed by atoms with Gasteiger partial charge in [0, 0.05) is 32.4 Å². The molecular weight excluding hydrogens is 446 g/mol. The molecule has 0 bridgehead atoms. The fourth-order valence-corrected chi connectivity index (χ4v) is 5.39. The van der Waals surface area contributed by atoms with Gasteiger partial charge in [0.2, 0.25) is 11.9 Å². The van der Waals surface area contributed by atoms with E-state index in [0.29, 0.717) is 41.0 Å². The highest BCUT2D eigenvalue weighted by atomic mass is 16.2. The van der Waals surface area contributed by atoms with Crippen molar-refractivity contribution >= 4 is 34.8 Å². The molecule has 182 valence electrons. The van der Waals surface area contributed by atoms with Crippen LogP contribution in [0, 0.1) is 5.41 Å². The van der Waals surface area contributed by atoms with E-state index in [1.807, 2.05) is 18.3 Å². The number of likely N-dealkylation sites (N-methyl/N-ethyl adjacent to an activating group) is 1. The Morgan fingerprint density at radius 2 is 2.00 bits per heavy atom. The van der Waals surface area contributed by atoms with E-state index in [1.54, 1.807) is 17.6 Å². The molecule has 4 N–H and O–H groups in total. The third-order valence-electron chi connectivity index (χ3n) is 7.99. The number of carbonyl (C=O) groups excluding carboxylic acids is 2. The minimum atomic E-state index is -0.756. The molecule has 0 radical (unpaired) electrons. The first-order valence-corrected chi connectivity index (χ1v) is 11.8. The molecule has 3 aromatic rings. The minimum Gasteiger partial charge on any atom is -0.369 e. The fraction of sp³-hybridized carbons (Fsp3) is 0.458. The number of rotatable bonds is 7. The van der Waals surface area contributed by atoms with Crippen molar-refractivity contribution in [2.45, 2.75) is 30.7 Å². The zero-order valence-electron chi connectivity index (χ0n) is 20.1. The number of anilines is 3. The van der Waals surface area contributed by atoms with Gasteiger partial charge in [-0.05, 0) is 57.0 Å². The van der Waals surface area contributed by atoms with Crippen LogP contribution in [0.1, 0.15) is 35.3 Å². The Bertz CT molecular complexity index is 1360. The first kappa shape index (κ1) is 21.8. The van der Waals surface area contributed by atoms with Crippen molar-refractivity contribution in [2.24, 2.45) is 11.1 Å². The van der Waals surface area contributed by atoms with Crippen LogP contribution in [0.25, 0.3) is 5.65 Å². The van der Waals surface area contributed by atoms with Gasteiger partial charge in [0.1, 0.15) is 0 Å². The van der Waals surface area contributed by atoms with E-state index in [2.05, 4.69) is 49.6 Å². The molecule has 6 rings (SSSR count). The van der Waals surface area contributed by atoms with Crippen molar-refractivity contribution in [3.05, 3.63) is 41.9 Å². The molecule has 2 amide bonds. The number of fused-ring (bicyclic) bond motifs is 1. The van der Waals surface area contributed by atoms with Gasteiger partial charge in [0.05, 0.1) is 34.2 Å². The highest BCUT2D eigenvalue weighted by Crippen LogP contribution is 2.78.